The summed E-state index contributed by atoms with van der Waals surface area (Å²) in [6.07, 6.45) is -0.482. The van der Waals surface area contributed by atoms with Crippen LogP contribution in [0.25, 0.3) is 11.1 Å². The van der Waals surface area contributed by atoms with Crippen LogP contribution in [-0.4, -0.2) is 5.11 Å². The number of aliphatic hydroxyl groups is 1. The standard InChI is InChI=1S/C16H14Br2O/c1-16(2)14-6-4-10(18)8-13(14)12-7-9(17)3-5-11(12)15(16)19/h3-8,15,19H,1-2H3/t15-/m0/s1. The Hall–Kier alpha value is -0.640. The molecule has 19 heavy (non-hydrogen) atoms. The molecule has 2 aromatic carbocycles. The highest BCUT2D eigenvalue weighted by molar-refractivity contribution is 9.10. The second-order valence-corrected chi connectivity index (χ2v) is 7.38. The van der Waals surface area contributed by atoms with Gasteiger partial charge in [0.05, 0.1) is 6.10 Å². The summed E-state index contributed by atoms with van der Waals surface area (Å²) in [4.78, 5) is 0. The lowest BCUT2D eigenvalue weighted by Crippen LogP contribution is -2.31. The molecular weight excluding hydrogens is 368 g/mol. The van der Waals surface area contributed by atoms with Gasteiger partial charge in [0.2, 0.25) is 0 Å². The molecule has 0 aliphatic heterocycles. The summed E-state index contributed by atoms with van der Waals surface area (Å²) in [5, 5.41) is 10.7. The summed E-state index contributed by atoms with van der Waals surface area (Å²) in [6, 6.07) is 12.4. The fraction of sp³-hybridized carbons (Fsp3) is 0.250. The monoisotopic (exact) mass is 380 g/mol. The first-order valence-corrected chi connectivity index (χ1v) is 7.78. The van der Waals surface area contributed by atoms with E-state index < -0.39 is 6.10 Å². The van der Waals surface area contributed by atoms with Gasteiger partial charge in [0.15, 0.2) is 0 Å². The van der Waals surface area contributed by atoms with E-state index in [2.05, 4.69) is 63.9 Å². The Morgan fingerprint density at radius 2 is 1.53 bits per heavy atom. The van der Waals surface area contributed by atoms with Crippen molar-refractivity contribution in [2.75, 3.05) is 0 Å². The van der Waals surface area contributed by atoms with Crippen LogP contribution in [0.3, 0.4) is 0 Å². The lowest BCUT2D eigenvalue weighted by Gasteiger charge is -2.39. The second-order valence-electron chi connectivity index (χ2n) is 5.55. The Bertz CT molecular complexity index is 662. The van der Waals surface area contributed by atoms with Crippen LogP contribution in [-0.2, 0) is 5.41 Å². The van der Waals surface area contributed by atoms with Crippen molar-refractivity contribution in [3.05, 3.63) is 56.5 Å². The van der Waals surface area contributed by atoms with Crippen molar-refractivity contribution in [1.29, 1.82) is 0 Å². The largest absolute Gasteiger partial charge is 0.387 e. The van der Waals surface area contributed by atoms with Crippen molar-refractivity contribution >= 4 is 31.9 Å². The number of halogens is 2. The molecular formula is C16H14Br2O. The van der Waals surface area contributed by atoms with Crippen molar-refractivity contribution < 1.29 is 5.11 Å². The second kappa shape index (κ2) is 4.44. The molecule has 3 heteroatoms. The van der Waals surface area contributed by atoms with Gasteiger partial charge in [0.25, 0.3) is 0 Å². The minimum absolute atomic E-state index is 0.281. The molecule has 2 aromatic rings. The topological polar surface area (TPSA) is 20.2 Å². The van der Waals surface area contributed by atoms with Crippen LogP contribution in [0.5, 0.6) is 0 Å². The molecule has 98 valence electrons. The van der Waals surface area contributed by atoms with Crippen LogP contribution in [0, 0.1) is 0 Å². The maximum absolute atomic E-state index is 10.7. The van der Waals surface area contributed by atoms with Gasteiger partial charge in [0, 0.05) is 14.4 Å². The van der Waals surface area contributed by atoms with E-state index in [0.717, 1.165) is 20.1 Å². The van der Waals surface area contributed by atoms with Gasteiger partial charge in [-0.3, -0.25) is 0 Å². The number of hydrogen-bond donors (Lipinski definition) is 1. The zero-order valence-corrected chi connectivity index (χ0v) is 13.9. The summed E-state index contributed by atoms with van der Waals surface area (Å²) >= 11 is 7.06. The highest BCUT2D eigenvalue weighted by atomic mass is 79.9. The molecule has 1 N–H and O–H groups in total. The molecule has 1 atom stereocenters. The summed E-state index contributed by atoms with van der Waals surface area (Å²) in [5.41, 5.74) is 4.21. The molecule has 1 aliphatic rings. The van der Waals surface area contributed by atoms with Crippen LogP contribution in [0.4, 0.5) is 0 Å². The number of rotatable bonds is 0. The van der Waals surface area contributed by atoms with E-state index in [-0.39, 0.29) is 5.41 Å². The van der Waals surface area contributed by atoms with E-state index in [4.69, 9.17) is 0 Å². The highest BCUT2D eigenvalue weighted by Crippen LogP contribution is 2.50. The Morgan fingerprint density at radius 1 is 0.947 bits per heavy atom. The van der Waals surface area contributed by atoms with Crippen LogP contribution in [0.1, 0.15) is 31.1 Å². The quantitative estimate of drug-likeness (QED) is 0.664. The molecule has 1 aliphatic carbocycles. The zero-order valence-electron chi connectivity index (χ0n) is 10.7. The molecule has 0 bridgehead atoms. The van der Waals surface area contributed by atoms with E-state index in [0.29, 0.717) is 0 Å². The third kappa shape index (κ3) is 1.99. The Balaban J connectivity index is 2.38. The van der Waals surface area contributed by atoms with Crippen molar-refractivity contribution in [3.63, 3.8) is 0 Å². The summed E-state index contributed by atoms with van der Waals surface area (Å²) in [5.74, 6) is 0. The molecule has 1 nitrogen and oxygen atoms in total. The van der Waals surface area contributed by atoms with Crippen LogP contribution < -0.4 is 0 Å². The first-order valence-electron chi connectivity index (χ1n) is 6.19. The summed E-state index contributed by atoms with van der Waals surface area (Å²) in [7, 11) is 0. The van der Waals surface area contributed by atoms with Gasteiger partial charge >= 0.3 is 0 Å². The van der Waals surface area contributed by atoms with Gasteiger partial charge in [-0.25, -0.2) is 0 Å². The molecule has 0 aromatic heterocycles. The molecule has 0 spiro atoms. The molecule has 0 saturated heterocycles. The van der Waals surface area contributed by atoms with Crippen molar-refractivity contribution in [2.45, 2.75) is 25.4 Å². The third-order valence-corrected chi connectivity index (χ3v) is 4.95. The Kier molecular flexibility index (Phi) is 3.12. The van der Waals surface area contributed by atoms with Gasteiger partial charge in [-0.1, -0.05) is 57.8 Å². The molecule has 0 saturated carbocycles. The average molecular weight is 382 g/mol. The minimum atomic E-state index is -0.482. The Labute approximate surface area is 129 Å². The van der Waals surface area contributed by atoms with Gasteiger partial charge in [-0.2, -0.15) is 0 Å². The van der Waals surface area contributed by atoms with Crippen LogP contribution in [0.2, 0.25) is 0 Å². The molecule has 0 amide bonds. The molecule has 0 unspecified atom stereocenters. The maximum Gasteiger partial charge on any atom is 0.0887 e. The third-order valence-electron chi connectivity index (χ3n) is 3.96. The Morgan fingerprint density at radius 3 is 2.21 bits per heavy atom. The predicted molar refractivity (Wildman–Crippen MR) is 85.3 cm³/mol. The SMILES string of the molecule is CC1(C)c2ccc(Br)cc2-c2cc(Br)ccc2[C@@H]1O. The van der Waals surface area contributed by atoms with Crippen LogP contribution >= 0.6 is 31.9 Å². The minimum Gasteiger partial charge on any atom is -0.387 e. The van der Waals surface area contributed by atoms with Crippen molar-refractivity contribution in [3.8, 4) is 11.1 Å². The lowest BCUT2D eigenvalue weighted by molar-refractivity contribution is 0.0985. The number of benzene rings is 2. The average Bonchev–Trinajstić information content (AvgIpc) is 2.36. The van der Waals surface area contributed by atoms with Crippen LogP contribution in [0.15, 0.2) is 45.3 Å². The first-order chi connectivity index (χ1) is 8.91. The molecule has 0 heterocycles. The van der Waals surface area contributed by atoms with E-state index >= 15 is 0 Å². The van der Waals surface area contributed by atoms with Gasteiger partial charge < -0.3 is 5.11 Å². The lowest BCUT2D eigenvalue weighted by atomic mass is 9.68. The normalized spacial score (nSPS) is 19.7. The van der Waals surface area contributed by atoms with Gasteiger partial charge in [-0.15, -0.1) is 0 Å². The fourth-order valence-corrected chi connectivity index (χ4v) is 3.56. The van der Waals surface area contributed by atoms with Gasteiger partial charge in [0.1, 0.15) is 0 Å². The first kappa shape index (κ1) is 13.3. The number of aliphatic hydroxyl groups excluding tert-OH is 1. The van der Waals surface area contributed by atoms with E-state index in [9.17, 15) is 5.11 Å². The fourth-order valence-electron chi connectivity index (χ4n) is 2.84. The summed E-state index contributed by atoms with van der Waals surface area (Å²) < 4.78 is 2.09. The predicted octanol–water partition coefficient (Wildman–Crippen LogP) is 5.20. The smallest absolute Gasteiger partial charge is 0.0887 e. The highest BCUT2D eigenvalue weighted by Gasteiger charge is 2.38. The number of fused-ring (bicyclic) bond motifs is 3. The summed E-state index contributed by atoms with van der Waals surface area (Å²) in [6.45, 7) is 4.19. The van der Waals surface area contributed by atoms with Crippen molar-refractivity contribution in [2.24, 2.45) is 0 Å². The van der Waals surface area contributed by atoms with E-state index in [1.165, 1.54) is 11.1 Å². The van der Waals surface area contributed by atoms with Crippen molar-refractivity contribution in [1.82, 2.24) is 0 Å². The molecule has 0 fully saturated rings. The van der Waals surface area contributed by atoms with E-state index in [1.807, 2.05) is 18.2 Å². The van der Waals surface area contributed by atoms with Gasteiger partial charge in [-0.05, 0) is 46.5 Å². The molecule has 3 rings (SSSR count). The zero-order chi connectivity index (χ0) is 13.8. The molecule has 0 radical (unpaired) electrons. The number of hydrogen-bond acceptors (Lipinski definition) is 1. The maximum atomic E-state index is 10.7. The van der Waals surface area contributed by atoms with E-state index in [1.54, 1.807) is 0 Å².